The normalized spacial score (nSPS) is 25.0. The second kappa shape index (κ2) is 4.41. The molecule has 1 aliphatic heterocycles. The van der Waals surface area contributed by atoms with Gasteiger partial charge in [-0.25, -0.2) is 4.98 Å². The van der Waals surface area contributed by atoms with Crippen LogP contribution >= 0.6 is 11.3 Å². The zero-order valence-electron chi connectivity index (χ0n) is 10.2. The summed E-state index contributed by atoms with van der Waals surface area (Å²) < 4.78 is 0. The molecule has 2 fully saturated rings. The molecule has 3 nitrogen and oxygen atoms in total. The van der Waals surface area contributed by atoms with Crippen LogP contribution in [0.15, 0.2) is 0 Å². The molecule has 1 aromatic rings. The van der Waals surface area contributed by atoms with E-state index < -0.39 is 0 Å². The van der Waals surface area contributed by atoms with Crippen molar-refractivity contribution in [3.63, 3.8) is 0 Å². The smallest absolute Gasteiger partial charge is 0.186 e. The minimum atomic E-state index is 0.572. The molecule has 0 aromatic carbocycles. The first-order valence-electron chi connectivity index (χ1n) is 6.48. The lowest BCUT2D eigenvalue weighted by atomic mass is 10.0. The molecule has 4 heteroatoms. The molecule has 1 aromatic heterocycles. The maximum atomic E-state index is 11.1. The average Bonchev–Trinajstić information content (AvgIpc) is 3.08. The number of hydrogen-bond acceptors (Lipinski definition) is 4. The molecular weight excluding hydrogens is 232 g/mol. The van der Waals surface area contributed by atoms with E-state index in [9.17, 15) is 4.79 Å². The van der Waals surface area contributed by atoms with Crippen molar-refractivity contribution in [2.24, 2.45) is 5.92 Å². The molecule has 1 unspecified atom stereocenters. The minimum absolute atomic E-state index is 0.572. The molecule has 1 saturated carbocycles. The molecule has 0 spiro atoms. The highest BCUT2D eigenvalue weighted by Crippen LogP contribution is 2.43. The van der Waals surface area contributed by atoms with Crippen LogP contribution in [0.25, 0.3) is 0 Å². The number of hydrogen-bond donors (Lipinski definition) is 0. The molecule has 3 rings (SSSR count). The number of aromatic nitrogens is 1. The van der Waals surface area contributed by atoms with Crippen molar-refractivity contribution in [2.45, 2.75) is 38.5 Å². The number of carbonyl (C=O) groups excluding carboxylic acids is 1. The average molecular weight is 250 g/mol. The summed E-state index contributed by atoms with van der Waals surface area (Å²) >= 11 is 1.58. The number of thiazole rings is 1. The summed E-state index contributed by atoms with van der Waals surface area (Å²) in [7, 11) is 0. The van der Waals surface area contributed by atoms with Gasteiger partial charge in [-0.15, -0.1) is 0 Å². The van der Waals surface area contributed by atoms with Gasteiger partial charge in [0.15, 0.2) is 11.4 Å². The summed E-state index contributed by atoms with van der Waals surface area (Å²) in [5.74, 6) is 1.32. The van der Waals surface area contributed by atoms with Crippen molar-refractivity contribution in [3.05, 3.63) is 10.6 Å². The Labute approximate surface area is 106 Å². The first kappa shape index (κ1) is 11.2. The second-order valence-electron chi connectivity index (χ2n) is 5.33. The lowest BCUT2D eigenvalue weighted by Crippen LogP contribution is -2.34. The molecule has 0 bridgehead atoms. The van der Waals surface area contributed by atoms with Crippen molar-refractivity contribution in [1.29, 1.82) is 0 Å². The molecule has 2 aliphatic rings. The summed E-state index contributed by atoms with van der Waals surface area (Å²) in [6.07, 6.45) is 5.97. The fraction of sp³-hybridized carbons (Fsp3) is 0.692. The zero-order chi connectivity index (χ0) is 11.8. The van der Waals surface area contributed by atoms with Gasteiger partial charge in [0.1, 0.15) is 0 Å². The number of aldehydes is 1. The molecule has 1 atom stereocenters. The van der Waals surface area contributed by atoms with Gasteiger partial charge < -0.3 is 4.90 Å². The number of carbonyl (C=O) groups is 1. The SMILES string of the molecule is CC1CCCN(c2nc(C3CC3)c(C=O)s2)C1. The van der Waals surface area contributed by atoms with Crippen LogP contribution in [0.4, 0.5) is 5.13 Å². The Hall–Kier alpha value is -0.900. The van der Waals surface area contributed by atoms with Crippen LogP contribution in [-0.4, -0.2) is 24.4 Å². The third-order valence-corrected chi connectivity index (χ3v) is 4.73. The summed E-state index contributed by atoms with van der Waals surface area (Å²) in [5, 5.41) is 1.07. The quantitative estimate of drug-likeness (QED) is 0.773. The van der Waals surface area contributed by atoms with Gasteiger partial charge in [0.25, 0.3) is 0 Å². The van der Waals surface area contributed by atoms with E-state index in [0.29, 0.717) is 5.92 Å². The molecule has 0 N–H and O–H groups in total. The molecule has 1 saturated heterocycles. The van der Waals surface area contributed by atoms with Crippen LogP contribution in [-0.2, 0) is 0 Å². The van der Waals surface area contributed by atoms with Crippen molar-refractivity contribution in [3.8, 4) is 0 Å². The lowest BCUT2D eigenvalue weighted by Gasteiger charge is -2.30. The van der Waals surface area contributed by atoms with Crippen LogP contribution in [0.5, 0.6) is 0 Å². The summed E-state index contributed by atoms with van der Waals surface area (Å²) in [4.78, 5) is 19.0. The third kappa shape index (κ3) is 2.23. The Kier molecular flexibility index (Phi) is 2.90. The van der Waals surface area contributed by atoms with Gasteiger partial charge >= 0.3 is 0 Å². The number of nitrogens with zero attached hydrogens (tertiary/aromatic N) is 2. The molecule has 1 aliphatic carbocycles. The Morgan fingerprint density at radius 1 is 1.41 bits per heavy atom. The highest BCUT2D eigenvalue weighted by atomic mass is 32.1. The van der Waals surface area contributed by atoms with Gasteiger partial charge in [0, 0.05) is 19.0 Å². The maximum Gasteiger partial charge on any atom is 0.186 e. The number of anilines is 1. The minimum Gasteiger partial charge on any atom is -0.348 e. The van der Waals surface area contributed by atoms with E-state index in [-0.39, 0.29) is 0 Å². The van der Waals surface area contributed by atoms with E-state index in [0.717, 1.165) is 41.0 Å². The van der Waals surface area contributed by atoms with E-state index in [4.69, 9.17) is 4.98 Å². The summed E-state index contributed by atoms with van der Waals surface area (Å²) in [5.41, 5.74) is 1.07. The van der Waals surface area contributed by atoms with Gasteiger partial charge in [0.05, 0.1) is 10.6 Å². The van der Waals surface area contributed by atoms with Gasteiger partial charge in [-0.3, -0.25) is 4.79 Å². The largest absolute Gasteiger partial charge is 0.348 e. The van der Waals surface area contributed by atoms with Crippen molar-refractivity contribution in [1.82, 2.24) is 4.98 Å². The Balaban J connectivity index is 1.84. The second-order valence-corrected chi connectivity index (χ2v) is 6.34. The topological polar surface area (TPSA) is 33.2 Å². The number of rotatable bonds is 3. The molecule has 2 heterocycles. The van der Waals surface area contributed by atoms with Crippen LogP contribution in [0.3, 0.4) is 0 Å². The number of piperidine rings is 1. The molecule has 92 valence electrons. The van der Waals surface area contributed by atoms with E-state index in [1.165, 1.54) is 25.7 Å². The van der Waals surface area contributed by atoms with Crippen molar-refractivity contribution < 1.29 is 4.79 Å². The van der Waals surface area contributed by atoms with Crippen LogP contribution < -0.4 is 4.90 Å². The predicted octanol–water partition coefficient (Wildman–Crippen LogP) is 3.07. The molecule has 0 amide bonds. The molecular formula is C13H18N2OS. The van der Waals surface area contributed by atoms with Gasteiger partial charge in [-0.1, -0.05) is 18.3 Å². The Morgan fingerprint density at radius 3 is 2.88 bits per heavy atom. The van der Waals surface area contributed by atoms with Crippen LogP contribution in [0.2, 0.25) is 0 Å². The maximum absolute atomic E-state index is 11.1. The summed E-state index contributed by atoms with van der Waals surface area (Å²) in [6.45, 7) is 4.48. The Bertz CT molecular complexity index is 425. The van der Waals surface area contributed by atoms with Gasteiger partial charge in [-0.05, 0) is 31.6 Å². The fourth-order valence-electron chi connectivity index (χ4n) is 2.56. The van der Waals surface area contributed by atoms with Gasteiger partial charge in [-0.2, -0.15) is 0 Å². The van der Waals surface area contributed by atoms with E-state index in [1.54, 1.807) is 11.3 Å². The lowest BCUT2D eigenvalue weighted by molar-refractivity contribution is 0.112. The van der Waals surface area contributed by atoms with Gasteiger partial charge in [0.2, 0.25) is 0 Å². The first-order chi connectivity index (χ1) is 8.28. The third-order valence-electron chi connectivity index (χ3n) is 3.67. The van der Waals surface area contributed by atoms with E-state index >= 15 is 0 Å². The van der Waals surface area contributed by atoms with Crippen LogP contribution in [0, 0.1) is 5.92 Å². The van der Waals surface area contributed by atoms with E-state index in [1.807, 2.05) is 0 Å². The van der Waals surface area contributed by atoms with E-state index in [2.05, 4.69) is 11.8 Å². The van der Waals surface area contributed by atoms with Crippen molar-refractivity contribution >= 4 is 22.8 Å². The first-order valence-corrected chi connectivity index (χ1v) is 7.30. The van der Waals surface area contributed by atoms with Crippen molar-refractivity contribution in [2.75, 3.05) is 18.0 Å². The highest BCUT2D eigenvalue weighted by molar-refractivity contribution is 7.17. The predicted molar refractivity (Wildman–Crippen MR) is 70.1 cm³/mol. The monoisotopic (exact) mass is 250 g/mol. The standard InChI is InChI=1S/C13H18N2OS/c1-9-3-2-6-15(7-9)13-14-12(10-4-5-10)11(8-16)17-13/h8-10H,2-7H2,1H3. The highest BCUT2D eigenvalue weighted by Gasteiger charge is 2.31. The Morgan fingerprint density at radius 2 is 2.24 bits per heavy atom. The molecule has 0 radical (unpaired) electrons. The fourth-order valence-corrected chi connectivity index (χ4v) is 3.56. The zero-order valence-corrected chi connectivity index (χ0v) is 11.0. The van der Waals surface area contributed by atoms with Crippen LogP contribution in [0.1, 0.15) is 53.9 Å². The molecule has 17 heavy (non-hydrogen) atoms. The summed E-state index contributed by atoms with van der Waals surface area (Å²) in [6, 6.07) is 0.